The number of pyridine rings is 1. The van der Waals surface area contributed by atoms with Crippen LogP contribution >= 0.6 is 24.0 Å². The van der Waals surface area contributed by atoms with Crippen molar-refractivity contribution in [3.63, 3.8) is 0 Å². The van der Waals surface area contributed by atoms with Crippen molar-refractivity contribution >= 4 is 51.7 Å². The van der Waals surface area contributed by atoms with E-state index in [0.29, 0.717) is 32.8 Å². The van der Waals surface area contributed by atoms with Gasteiger partial charge in [0, 0.05) is 32.4 Å². The number of thioether (sulfide) groups is 1. The summed E-state index contributed by atoms with van der Waals surface area (Å²) in [6, 6.07) is 11.4. The lowest BCUT2D eigenvalue weighted by Crippen LogP contribution is -2.47. The Balaban J connectivity index is 1.52. The third kappa shape index (κ3) is 5.14. The Kier molecular flexibility index (Phi) is 7.32. The van der Waals surface area contributed by atoms with Crippen LogP contribution in [0.1, 0.15) is 23.6 Å². The van der Waals surface area contributed by atoms with Gasteiger partial charge in [0.05, 0.1) is 24.1 Å². The monoisotopic (exact) mass is 535 g/mol. The number of carbonyl (C=O) groups is 1. The predicted octanol–water partition coefficient (Wildman–Crippen LogP) is 3.55. The average molecular weight is 536 g/mol. The Hall–Kier alpha value is -3.21. The minimum atomic E-state index is -0.207. The molecule has 1 amide bonds. The van der Waals surface area contributed by atoms with E-state index in [2.05, 4.69) is 16.7 Å². The molecule has 3 aromatic rings. The number of aryl methyl sites for hydroxylation is 1. The minimum absolute atomic E-state index is 0.193. The number of piperazine rings is 1. The number of thiocarbonyl (C=S) groups is 1. The smallest absolute Gasteiger partial charge is 0.267 e. The molecule has 2 aliphatic rings. The summed E-state index contributed by atoms with van der Waals surface area (Å²) in [5.74, 6) is 1.16. The fourth-order valence-electron chi connectivity index (χ4n) is 4.57. The van der Waals surface area contributed by atoms with Crippen molar-refractivity contribution in [2.45, 2.75) is 20.4 Å². The summed E-state index contributed by atoms with van der Waals surface area (Å²) in [6.45, 7) is 8.76. The Labute approximate surface area is 225 Å². The van der Waals surface area contributed by atoms with Gasteiger partial charge in [0.15, 0.2) is 0 Å². The molecule has 0 radical (unpaired) electrons. The summed E-state index contributed by atoms with van der Waals surface area (Å²) in [7, 11) is 1.62. The normalized spacial score (nSPS) is 17.9. The summed E-state index contributed by atoms with van der Waals surface area (Å²) in [5, 5.41) is 0. The molecule has 37 heavy (non-hydrogen) atoms. The van der Waals surface area contributed by atoms with Crippen molar-refractivity contribution in [3.8, 4) is 5.75 Å². The maximum absolute atomic E-state index is 13.7. The van der Waals surface area contributed by atoms with E-state index in [1.165, 1.54) is 11.8 Å². The first-order valence-corrected chi connectivity index (χ1v) is 13.5. The number of nitrogens with zero attached hydrogens (tertiary/aromatic N) is 5. The van der Waals surface area contributed by atoms with Crippen molar-refractivity contribution in [3.05, 3.63) is 74.5 Å². The van der Waals surface area contributed by atoms with Gasteiger partial charge in [0.1, 0.15) is 21.5 Å². The largest absolute Gasteiger partial charge is 0.497 e. The minimum Gasteiger partial charge on any atom is -0.497 e. The molecule has 0 atom stereocenters. The summed E-state index contributed by atoms with van der Waals surface area (Å²) in [6.07, 6.45) is 3.47. The first-order valence-electron chi connectivity index (χ1n) is 12.3. The van der Waals surface area contributed by atoms with Gasteiger partial charge >= 0.3 is 0 Å². The van der Waals surface area contributed by atoms with Gasteiger partial charge in [0.2, 0.25) is 0 Å². The highest BCUT2D eigenvalue weighted by Crippen LogP contribution is 2.34. The van der Waals surface area contributed by atoms with Crippen LogP contribution in [0.3, 0.4) is 0 Å². The van der Waals surface area contributed by atoms with Crippen LogP contribution in [-0.2, 0) is 11.3 Å². The van der Waals surface area contributed by atoms with Crippen molar-refractivity contribution < 1.29 is 9.53 Å². The second-order valence-corrected chi connectivity index (χ2v) is 10.8. The first-order chi connectivity index (χ1) is 17.9. The van der Waals surface area contributed by atoms with E-state index in [1.54, 1.807) is 28.7 Å². The molecule has 0 N–H and O–H groups in total. The van der Waals surface area contributed by atoms with Crippen LogP contribution in [0.25, 0.3) is 11.7 Å². The third-order valence-corrected chi connectivity index (χ3v) is 8.13. The van der Waals surface area contributed by atoms with E-state index < -0.39 is 0 Å². The van der Waals surface area contributed by atoms with Gasteiger partial charge in [-0.3, -0.25) is 18.9 Å². The number of hydrogen-bond acceptors (Lipinski definition) is 8. The zero-order valence-corrected chi connectivity index (χ0v) is 22.8. The summed E-state index contributed by atoms with van der Waals surface area (Å²) < 4.78 is 7.25. The molecule has 0 unspecified atom stereocenters. The highest BCUT2D eigenvalue weighted by atomic mass is 32.2. The van der Waals surface area contributed by atoms with Crippen LogP contribution in [0.15, 0.2) is 52.3 Å². The van der Waals surface area contributed by atoms with Crippen LogP contribution in [0, 0.1) is 6.92 Å². The Morgan fingerprint density at radius 3 is 2.49 bits per heavy atom. The fourth-order valence-corrected chi connectivity index (χ4v) is 5.81. The fraction of sp³-hybridized carbons (Fsp3) is 0.333. The topological polar surface area (TPSA) is 70.4 Å². The molecule has 4 heterocycles. The lowest BCUT2D eigenvalue weighted by Gasteiger charge is -2.35. The number of amides is 1. The van der Waals surface area contributed by atoms with Gasteiger partial charge in [-0.25, -0.2) is 4.98 Å². The van der Waals surface area contributed by atoms with Crippen LogP contribution in [-0.4, -0.2) is 69.2 Å². The molecule has 0 spiro atoms. The first kappa shape index (κ1) is 25.4. The van der Waals surface area contributed by atoms with Crippen LogP contribution in [0.2, 0.25) is 0 Å². The van der Waals surface area contributed by atoms with Crippen LogP contribution < -0.4 is 15.2 Å². The summed E-state index contributed by atoms with van der Waals surface area (Å²) >= 11 is 6.78. The number of anilines is 1. The summed E-state index contributed by atoms with van der Waals surface area (Å²) in [4.78, 5) is 38.6. The lowest BCUT2D eigenvalue weighted by atomic mass is 10.2. The van der Waals surface area contributed by atoms with Crippen molar-refractivity contribution in [2.24, 2.45) is 0 Å². The van der Waals surface area contributed by atoms with Gasteiger partial charge < -0.3 is 14.5 Å². The Morgan fingerprint density at radius 1 is 1.08 bits per heavy atom. The van der Waals surface area contributed by atoms with Gasteiger partial charge in [-0.1, -0.05) is 49.1 Å². The molecule has 2 saturated heterocycles. The standard InChI is InChI=1S/C27H29N5O3S2/c1-4-29-11-13-30(14-12-29)24-21(25(33)31-16-18(2)5-10-23(31)28-24)15-22-26(34)32(27(36)37-22)17-19-6-8-20(35-3)9-7-19/h5-10,15-16H,4,11-14,17H2,1-3H3. The quantitative estimate of drug-likeness (QED) is 0.351. The van der Waals surface area contributed by atoms with Crippen LogP contribution in [0.4, 0.5) is 5.82 Å². The molecule has 0 bridgehead atoms. The average Bonchev–Trinajstić information content (AvgIpc) is 3.18. The maximum atomic E-state index is 13.7. The van der Waals surface area contributed by atoms with E-state index in [4.69, 9.17) is 21.9 Å². The highest BCUT2D eigenvalue weighted by Gasteiger charge is 2.33. The van der Waals surface area contributed by atoms with E-state index in [-0.39, 0.29) is 11.5 Å². The number of fused-ring (bicyclic) bond motifs is 1. The predicted molar refractivity (Wildman–Crippen MR) is 152 cm³/mol. The molecule has 2 aromatic heterocycles. The van der Waals surface area contributed by atoms with Gasteiger partial charge in [-0.2, -0.15) is 0 Å². The molecule has 192 valence electrons. The van der Waals surface area contributed by atoms with E-state index in [1.807, 2.05) is 43.3 Å². The second-order valence-electron chi connectivity index (χ2n) is 9.13. The van der Waals surface area contributed by atoms with E-state index in [9.17, 15) is 9.59 Å². The summed E-state index contributed by atoms with van der Waals surface area (Å²) in [5.41, 5.74) is 2.71. The number of rotatable bonds is 6. The third-order valence-electron chi connectivity index (χ3n) is 6.75. The Morgan fingerprint density at radius 2 is 1.81 bits per heavy atom. The molecule has 0 aliphatic carbocycles. The molecule has 2 aliphatic heterocycles. The zero-order chi connectivity index (χ0) is 26.1. The van der Waals surface area contributed by atoms with Crippen molar-refractivity contribution in [2.75, 3.05) is 44.7 Å². The van der Waals surface area contributed by atoms with Gasteiger partial charge in [-0.15, -0.1) is 0 Å². The number of methoxy groups -OCH3 is 1. The zero-order valence-electron chi connectivity index (χ0n) is 21.1. The highest BCUT2D eigenvalue weighted by molar-refractivity contribution is 8.26. The molecular formula is C27H29N5O3S2. The molecule has 2 fully saturated rings. The molecule has 8 nitrogen and oxygen atoms in total. The number of carbonyl (C=O) groups excluding carboxylic acids is 1. The number of benzene rings is 1. The second kappa shape index (κ2) is 10.6. The van der Waals surface area contributed by atoms with Crippen molar-refractivity contribution in [1.82, 2.24) is 19.2 Å². The molecule has 5 rings (SSSR count). The SMILES string of the molecule is CCN1CCN(c2nc3ccc(C)cn3c(=O)c2C=C2SC(=S)N(Cc3ccc(OC)cc3)C2=O)CC1. The molecular weight excluding hydrogens is 506 g/mol. The Bertz CT molecular complexity index is 1440. The molecule has 0 saturated carbocycles. The number of likely N-dealkylation sites (N-methyl/N-ethyl adjacent to an activating group) is 1. The maximum Gasteiger partial charge on any atom is 0.267 e. The van der Waals surface area contributed by atoms with E-state index >= 15 is 0 Å². The van der Waals surface area contributed by atoms with Gasteiger partial charge in [0.25, 0.3) is 11.5 Å². The number of aromatic nitrogens is 2. The number of ether oxygens (including phenoxy) is 1. The van der Waals surface area contributed by atoms with Crippen molar-refractivity contribution in [1.29, 1.82) is 0 Å². The molecule has 10 heteroatoms. The van der Waals surface area contributed by atoms with Crippen LogP contribution in [0.5, 0.6) is 5.75 Å². The molecule has 1 aromatic carbocycles. The number of hydrogen-bond donors (Lipinski definition) is 0. The lowest BCUT2D eigenvalue weighted by molar-refractivity contribution is -0.122. The van der Waals surface area contributed by atoms with E-state index in [0.717, 1.165) is 49.6 Å². The van der Waals surface area contributed by atoms with Gasteiger partial charge in [-0.05, 0) is 48.9 Å².